The van der Waals surface area contributed by atoms with Crippen molar-refractivity contribution in [3.63, 3.8) is 0 Å². The topological polar surface area (TPSA) is 91.8 Å². The van der Waals surface area contributed by atoms with Gasteiger partial charge in [0.2, 0.25) is 5.91 Å². The summed E-state index contributed by atoms with van der Waals surface area (Å²) in [7, 11) is 0. The molecule has 3 rings (SSSR count). The zero-order valence-electron chi connectivity index (χ0n) is 13.4. The molecule has 0 aliphatic heterocycles. The smallest absolute Gasteiger partial charge is 0.248 e. The molecule has 0 fully saturated rings. The molecular formula is C19H13BrN4OS. The van der Waals surface area contributed by atoms with E-state index in [1.165, 1.54) is 11.3 Å². The Morgan fingerprint density at radius 2 is 1.88 bits per heavy atom. The van der Waals surface area contributed by atoms with Gasteiger partial charge in [0.25, 0.3) is 0 Å². The summed E-state index contributed by atoms with van der Waals surface area (Å²) in [6, 6.07) is 16.7. The Bertz CT molecular complexity index is 1000. The average molecular weight is 425 g/mol. The first kappa shape index (κ1) is 17.9. The molecule has 2 aromatic carbocycles. The number of nitriles is 1. The second-order valence-corrected chi connectivity index (χ2v) is 7.07. The molecule has 7 heteroatoms. The lowest BCUT2D eigenvalue weighted by atomic mass is 10.2. The summed E-state index contributed by atoms with van der Waals surface area (Å²) in [6.07, 6.45) is 1.60. The van der Waals surface area contributed by atoms with Gasteiger partial charge in [0.05, 0.1) is 5.69 Å². The molecule has 1 amide bonds. The van der Waals surface area contributed by atoms with E-state index in [0.29, 0.717) is 16.1 Å². The predicted octanol–water partition coefficient (Wildman–Crippen LogP) is 4.65. The molecule has 1 aromatic heterocycles. The van der Waals surface area contributed by atoms with E-state index in [9.17, 15) is 10.1 Å². The SMILES string of the molecule is N#C/C(=C\Nc1ccc(C(N)=O)cc1)c1nc(-c2ccc(Br)cc2)cs1. The van der Waals surface area contributed by atoms with Crippen LogP contribution in [0, 0.1) is 11.3 Å². The van der Waals surface area contributed by atoms with E-state index >= 15 is 0 Å². The number of nitrogens with one attached hydrogen (secondary N) is 1. The molecule has 0 saturated carbocycles. The molecule has 0 saturated heterocycles. The maximum atomic E-state index is 11.1. The third-order valence-electron chi connectivity index (χ3n) is 3.55. The van der Waals surface area contributed by atoms with Crippen LogP contribution in [-0.2, 0) is 0 Å². The van der Waals surface area contributed by atoms with Crippen LogP contribution < -0.4 is 11.1 Å². The van der Waals surface area contributed by atoms with Gasteiger partial charge in [0, 0.05) is 32.9 Å². The fourth-order valence-electron chi connectivity index (χ4n) is 2.18. The number of halogens is 1. The number of carbonyl (C=O) groups excluding carboxylic acids is 1. The molecule has 0 aliphatic carbocycles. The number of thiazole rings is 1. The van der Waals surface area contributed by atoms with Crippen molar-refractivity contribution in [1.29, 1.82) is 5.26 Å². The highest BCUT2D eigenvalue weighted by molar-refractivity contribution is 9.10. The van der Waals surface area contributed by atoms with E-state index in [1.807, 2.05) is 29.6 Å². The van der Waals surface area contributed by atoms with E-state index in [2.05, 4.69) is 32.3 Å². The van der Waals surface area contributed by atoms with Crippen molar-refractivity contribution in [3.8, 4) is 17.3 Å². The van der Waals surface area contributed by atoms with Gasteiger partial charge < -0.3 is 11.1 Å². The lowest BCUT2D eigenvalue weighted by Gasteiger charge is -2.02. The van der Waals surface area contributed by atoms with Gasteiger partial charge in [-0.25, -0.2) is 4.98 Å². The number of aromatic nitrogens is 1. The first-order valence-electron chi connectivity index (χ1n) is 7.55. The number of carbonyl (C=O) groups is 1. The predicted molar refractivity (Wildman–Crippen MR) is 107 cm³/mol. The minimum Gasteiger partial charge on any atom is -0.366 e. The number of rotatable bonds is 5. The number of hydrogen-bond acceptors (Lipinski definition) is 5. The maximum absolute atomic E-state index is 11.1. The van der Waals surface area contributed by atoms with Gasteiger partial charge >= 0.3 is 0 Å². The normalized spacial score (nSPS) is 11.0. The number of allylic oxidation sites excluding steroid dienone is 1. The van der Waals surface area contributed by atoms with Gasteiger partial charge in [-0.3, -0.25) is 4.79 Å². The minimum atomic E-state index is -0.479. The highest BCUT2D eigenvalue weighted by Gasteiger charge is 2.09. The second kappa shape index (κ2) is 7.95. The van der Waals surface area contributed by atoms with Crippen LogP contribution in [-0.4, -0.2) is 10.9 Å². The molecule has 0 spiro atoms. The fraction of sp³-hybridized carbons (Fsp3) is 0. The van der Waals surface area contributed by atoms with Crippen LogP contribution in [0.5, 0.6) is 0 Å². The molecule has 0 aliphatic rings. The molecule has 0 atom stereocenters. The monoisotopic (exact) mass is 424 g/mol. The average Bonchev–Trinajstić information content (AvgIpc) is 3.13. The van der Waals surface area contributed by atoms with Crippen molar-refractivity contribution < 1.29 is 4.79 Å². The summed E-state index contributed by atoms with van der Waals surface area (Å²) >= 11 is 4.82. The first-order chi connectivity index (χ1) is 12.6. The van der Waals surface area contributed by atoms with Gasteiger partial charge in [-0.05, 0) is 36.4 Å². The Morgan fingerprint density at radius 3 is 2.50 bits per heavy atom. The molecule has 26 heavy (non-hydrogen) atoms. The van der Waals surface area contributed by atoms with Crippen molar-refractivity contribution in [3.05, 3.63) is 75.2 Å². The van der Waals surface area contributed by atoms with Crippen molar-refractivity contribution in [2.75, 3.05) is 5.32 Å². The zero-order valence-corrected chi connectivity index (χ0v) is 15.8. The lowest BCUT2D eigenvalue weighted by molar-refractivity contribution is 0.100. The van der Waals surface area contributed by atoms with Crippen LogP contribution in [0.3, 0.4) is 0 Å². The molecule has 128 valence electrons. The van der Waals surface area contributed by atoms with Crippen LogP contribution in [0.4, 0.5) is 5.69 Å². The highest BCUT2D eigenvalue weighted by atomic mass is 79.9. The van der Waals surface area contributed by atoms with E-state index in [4.69, 9.17) is 5.73 Å². The number of amides is 1. The summed E-state index contributed by atoms with van der Waals surface area (Å²) in [5.41, 5.74) is 8.63. The largest absolute Gasteiger partial charge is 0.366 e. The number of nitrogens with two attached hydrogens (primary N) is 1. The van der Waals surface area contributed by atoms with E-state index in [0.717, 1.165) is 21.4 Å². The molecular weight excluding hydrogens is 412 g/mol. The number of primary amides is 1. The summed E-state index contributed by atoms with van der Waals surface area (Å²) in [5, 5.41) is 15.0. The van der Waals surface area contributed by atoms with E-state index < -0.39 is 5.91 Å². The molecule has 5 nitrogen and oxygen atoms in total. The Balaban J connectivity index is 1.78. The fourth-order valence-corrected chi connectivity index (χ4v) is 3.24. The third kappa shape index (κ3) is 4.17. The van der Waals surface area contributed by atoms with Gasteiger partial charge in [-0.15, -0.1) is 11.3 Å². The van der Waals surface area contributed by atoms with Gasteiger partial charge in [-0.1, -0.05) is 28.1 Å². The number of benzene rings is 2. The third-order valence-corrected chi connectivity index (χ3v) is 4.95. The Hall–Kier alpha value is -2.95. The zero-order chi connectivity index (χ0) is 18.5. The van der Waals surface area contributed by atoms with Crippen molar-refractivity contribution in [2.24, 2.45) is 5.73 Å². The van der Waals surface area contributed by atoms with Gasteiger partial charge in [0.15, 0.2) is 0 Å². The number of hydrogen-bond donors (Lipinski definition) is 2. The second-order valence-electron chi connectivity index (χ2n) is 5.30. The highest BCUT2D eigenvalue weighted by Crippen LogP contribution is 2.27. The van der Waals surface area contributed by atoms with Gasteiger partial charge in [0.1, 0.15) is 16.6 Å². The summed E-state index contributed by atoms with van der Waals surface area (Å²) in [4.78, 5) is 15.6. The molecule has 3 aromatic rings. The van der Waals surface area contributed by atoms with Crippen LogP contribution in [0.15, 0.2) is 64.6 Å². The standard InChI is InChI=1S/C19H13BrN4OS/c20-15-5-1-12(2-6-15)17-11-26-19(24-17)14(9-21)10-23-16-7-3-13(4-8-16)18(22)25/h1-8,10-11,23H,(H2,22,25)/b14-10+. The molecule has 0 radical (unpaired) electrons. The Kier molecular flexibility index (Phi) is 5.46. The summed E-state index contributed by atoms with van der Waals surface area (Å²) < 4.78 is 1.00. The number of anilines is 1. The Morgan fingerprint density at radius 1 is 1.19 bits per heavy atom. The van der Waals surface area contributed by atoms with Crippen LogP contribution in [0.1, 0.15) is 15.4 Å². The molecule has 0 unspecified atom stereocenters. The van der Waals surface area contributed by atoms with E-state index in [-0.39, 0.29) is 0 Å². The van der Waals surface area contributed by atoms with E-state index in [1.54, 1.807) is 30.5 Å². The molecule has 1 heterocycles. The van der Waals surface area contributed by atoms with Crippen molar-refractivity contribution >= 4 is 44.4 Å². The molecule has 3 N–H and O–H groups in total. The van der Waals surface area contributed by atoms with Crippen LogP contribution >= 0.6 is 27.3 Å². The Labute approximate surface area is 162 Å². The van der Waals surface area contributed by atoms with Crippen LogP contribution in [0.2, 0.25) is 0 Å². The minimum absolute atomic E-state index is 0.428. The maximum Gasteiger partial charge on any atom is 0.248 e. The first-order valence-corrected chi connectivity index (χ1v) is 9.22. The summed E-state index contributed by atoms with van der Waals surface area (Å²) in [6.45, 7) is 0. The summed E-state index contributed by atoms with van der Waals surface area (Å²) in [5.74, 6) is -0.479. The van der Waals surface area contributed by atoms with Crippen molar-refractivity contribution in [1.82, 2.24) is 4.98 Å². The van der Waals surface area contributed by atoms with Gasteiger partial charge in [-0.2, -0.15) is 5.26 Å². The van der Waals surface area contributed by atoms with Crippen molar-refractivity contribution in [2.45, 2.75) is 0 Å². The lowest BCUT2D eigenvalue weighted by Crippen LogP contribution is -2.10. The number of nitrogens with zero attached hydrogens (tertiary/aromatic N) is 2. The van der Waals surface area contributed by atoms with Crippen LogP contribution in [0.25, 0.3) is 16.8 Å². The quantitative estimate of drug-likeness (QED) is 0.583. The molecule has 0 bridgehead atoms.